The van der Waals surface area contributed by atoms with E-state index in [2.05, 4.69) is 10.6 Å². The Balaban J connectivity index is 0.00000200. The molecule has 2 rings (SSSR count). The van der Waals surface area contributed by atoms with Gasteiger partial charge in [0.2, 0.25) is 0 Å². The van der Waals surface area contributed by atoms with Gasteiger partial charge in [-0.3, -0.25) is 4.79 Å². The van der Waals surface area contributed by atoms with Crippen molar-refractivity contribution in [2.75, 3.05) is 19.6 Å². The molecule has 0 aromatic heterocycles. The lowest BCUT2D eigenvalue weighted by atomic mass is 9.92. The molecule has 0 radical (unpaired) electrons. The van der Waals surface area contributed by atoms with Crippen molar-refractivity contribution in [1.82, 2.24) is 10.6 Å². The highest BCUT2D eigenvalue weighted by Gasteiger charge is 2.12. The molecule has 0 bridgehead atoms. The minimum absolute atomic E-state index is 0. The maximum absolute atomic E-state index is 11.8. The summed E-state index contributed by atoms with van der Waals surface area (Å²) in [5.74, 6) is 0.938. The Morgan fingerprint density at radius 3 is 2.55 bits per heavy atom. The summed E-state index contributed by atoms with van der Waals surface area (Å²) >= 11 is 0. The van der Waals surface area contributed by atoms with E-state index in [1.165, 1.54) is 38.8 Å². The predicted molar refractivity (Wildman–Crippen MR) is 85.5 cm³/mol. The normalized spacial score (nSPS) is 15.4. The molecule has 1 amide bonds. The van der Waals surface area contributed by atoms with E-state index >= 15 is 0 Å². The minimum atomic E-state index is 0. The Kier molecular flexibility index (Phi) is 8.31. The van der Waals surface area contributed by atoms with Crippen LogP contribution in [-0.4, -0.2) is 25.5 Å². The second-order valence-electron chi connectivity index (χ2n) is 5.31. The number of amides is 1. The van der Waals surface area contributed by atoms with Crippen molar-refractivity contribution in [2.45, 2.75) is 32.1 Å². The predicted octanol–water partition coefficient (Wildman–Crippen LogP) is 3.01. The number of hydrogen-bond donors (Lipinski definition) is 2. The summed E-state index contributed by atoms with van der Waals surface area (Å²) in [5.41, 5.74) is 0.751. The lowest BCUT2D eigenvalue weighted by Gasteiger charge is -2.22. The van der Waals surface area contributed by atoms with Gasteiger partial charge in [0.05, 0.1) is 0 Å². The Bertz CT molecular complexity index is 377. The first-order chi connectivity index (χ1) is 9.36. The van der Waals surface area contributed by atoms with Crippen LogP contribution in [0.5, 0.6) is 0 Å². The third-order valence-electron chi connectivity index (χ3n) is 3.82. The second kappa shape index (κ2) is 9.78. The molecule has 1 aliphatic heterocycles. The second-order valence-corrected chi connectivity index (χ2v) is 5.31. The molecule has 20 heavy (non-hydrogen) atoms. The van der Waals surface area contributed by atoms with E-state index in [9.17, 15) is 4.79 Å². The van der Waals surface area contributed by atoms with Crippen LogP contribution in [0.2, 0.25) is 0 Å². The van der Waals surface area contributed by atoms with E-state index in [0.717, 1.165) is 24.4 Å². The molecule has 1 aliphatic rings. The SMILES string of the molecule is Cl.O=C(NCCCCC1CCNCC1)c1ccccc1. The average molecular weight is 297 g/mol. The molecule has 0 spiro atoms. The molecule has 1 heterocycles. The van der Waals surface area contributed by atoms with Crippen molar-refractivity contribution < 1.29 is 4.79 Å². The Labute approximate surface area is 127 Å². The molecule has 0 aliphatic carbocycles. The van der Waals surface area contributed by atoms with Crippen LogP contribution in [0.1, 0.15) is 42.5 Å². The highest BCUT2D eigenvalue weighted by molar-refractivity contribution is 5.94. The molecule has 2 N–H and O–H groups in total. The summed E-state index contributed by atoms with van der Waals surface area (Å²) in [6, 6.07) is 9.42. The molecule has 0 atom stereocenters. The Hall–Kier alpha value is -1.06. The largest absolute Gasteiger partial charge is 0.352 e. The van der Waals surface area contributed by atoms with E-state index < -0.39 is 0 Å². The van der Waals surface area contributed by atoms with Gasteiger partial charge in [-0.1, -0.05) is 31.0 Å². The Morgan fingerprint density at radius 1 is 1.15 bits per heavy atom. The Morgan fingerprint density at radius 2 is 1.85 bits per heavy atom. The number of carbonyl (C=O) groups excluding carboxylic acids is 1. The van der Waals surface area contributed by atoms with Crippen molar-refractivity contribution >= 4 is 18.3 Å². The van der Waals surface area contributed by atoms with Crippen molar-refractivity contribution in [3.8, 4) is 0 Å². The summed E-state index contributed by atoms with van der Waals surface area (Å²) in [5, 5.41) is 6.38. The van der Waals surface area contributed by atoms with Gasteiger partial charge in [0.15, 0.2) is 0 Å². The molecule has 112 valence electrons. The van der Waals surface area contributed by atoms with Crippen LogP contribution in [-0.2, 0) is 0 Å². The van der Waals surface area contributed by atoms with Crippen LogP contribution in [0.25, 0.3) is 0 Å². The minimum Gasteiger partial charge on any atom is -0.352 e. The molecule has 1 fully saturated rings. The number of hydrogen-bond acceptors (Lipinski definition) is 2. The van der Waals surface area contributed by atoms with Crippen LogP contribution in [0.4, 0.5) is 0 Å². The van der Waals surface area contributed by atoms with Crippen molar-refractivity contribution in [3.05, 3.63) is 35.9 Å². The van der Waals surface area contributed by atoms with E-state index in [0.29, 0.717) is 0 Å². The van der Waals surface area contributed by atoms with Crippen LogP contribution in [0.3, 0.4) is 0 Å². The number of piperidine rings is 1. The van der Waals surface area contributed by atoms with E-state index in [4.69, 9.17) is 0 Å². The fraction of sp³-hybridized carbons (Fsp3) is 0.562. The van der Waals surface area contributed by atoms with Crippen molar-refractivity contribution in [3.63, 3.8) is 0 Å². The van der Waals surface area contributed by atoms with Gasteiger partial charge in [-0.2, -0.15) is 0 Å². The van der Waals surface area contributed by atoms with Crippen LogP contribution < -0.4 is 10.6 Å². The number of nitrogens with one attached hydrogen (secondary N) is 2. The van der Waals surface area contributed by atoms with E-state index in [1.807, 2.05) is 30.3 Å². The molecule has 3 nitrogen and oxygen atoms in total. The third kappa shape index (κ3) is 5.93. The van der Waals surface area contributed by atoms with Crippen molar-refractivity contribution in [2.24, 2.45) is 5.92 Å². The summed E-state index contributed by atoms with van der Waals surface area (Å²) < 4.78 is 0. The quantitative estimate of drug-likeness (QED) is 0.792. The highest BCUT2D eigenvalue weighted by Crippen LogP contribution is 2.18. The van der Waals surface area contributed by atoms with Crippen molar-refractivity contribution in [1.29, 1.82) is 0 Å². The average Bonchev–Trinajstić information content (AvgIpc) is 2.49. The number of halogens is 1. The first-order valence-corrected chi connectivity index (χ1v) is 7.40. The highest BCUT2D eigenvalue weighted by atomic mass is 35.5. The fourth-order valence-corrected chi connectivity index (χ4v) is 2.62. The topological polar surface area (TPSA) is 41.1 Å². The van der Waals surface area contributed by atoms with Crippen LogP contribution in [0, 0.1) is 5.92 Å². The first-order valence-electron chi connectivity index (χ1n) is 7.40. The third-order valence-corrected chi connectivity index (χ3v) is 3.82. The molecular weight excluding hydrogens is 272 g/mol. The van der Waals surface area contributed by atoms with Gasteiger partial charge in [-0.15, -0.1) is 12.4 Å². The molecule has 0 unspecified atom stereocenters. The molecule has 1 aromatic carbocycles. The first kappa shape index (κ1) is 17.0. The smallest absolute Gasteiger partial charge is 0.251 e. The molecular formula is C16H25ClN2O. The maximum Gasteiger partial charge on any atom is 0.251 e. The summed E-state index contributed by atoms with van der Waals surface area (Å²) in [7, 11) is 0. The zero-order chi connectivity index (χ0) is 13.3. The number of carbonyl (C=O) groups is 1. The lowest BCUT2D eigenvalue weighted by Crippen LogP contribution is -2.28. The molecule has 0 saturated carbocycles. The number of unbranched alkanes of at least 4 members (excludes halogenated alkanes) is 1. The standard InChI is InChI=1S/C16H24N2O.ClH/c19-16(15-7-2-1-3-8-15)18-11-5-4-6-14-9-12-17-13-10-14;/h1-3,7-8,14,17H,4-6,9-13H2,(H,18,19);1H. The summed E-state index contributed by atoms with van der Waals surface area (Å²) in [4.78, 5) is 11.8. The molecule has 1 saturated heterocycles. The monoisotopic (exact) mass is 296 g/mol. The summed E-state index contributed by atoms with van der Waals surface area (Å²) in [6.45, 7) is 3.14. The van der Waals surface area contributed by atoms with Gasteiger partial charge in [-0.25, -0.2) is 0 Å². The van der Waals surface area contributed by atoms with E-state index in [1.54, 1.807) is 0 Å². The van der Waals surface area contributed by atoms with Gasteiger partial charge in [0.1, 0.15) is 0 Å². The zero-order valence-corrected chi connectivity index (χ0v) is 12.8. The van der Waals surface area contributed by atoms with Crippen LogP contribution in [0.15, 0.2) is 30.3 Å². The molecule has 1 aromatic rings. The van der Waals surface area contributed by atoms with E-state index in [-0.39, 0.29) is 18.3 Å². The van der Waals surface area contributed by atoms with Gasteiger partial charge >= 0.3 is 0 Å². The number of rotatable bonds is 6. The van der Waals surface area contributed by atoms with Gasteiger partial charge in [-0.05, 0) is 50.4 Å². The zero-order valence-electron chi connectivity index (χ0n) is 11.9. The van der Waals surface area contributed by atoms with Gasteiger partial charge < -0.3 is 10.6 Å². The van der Waals surface area contributed by atoms with Gasteiger partial charge in [0, 0.05) is 12.1 Å². The lowest BCUT2D eigenvalue weighted by molar-refractivity contribution is 0.0953. The maximum atomic E-state index is 11.8. The number of benzene rings is 1. The van der Waals surface area contributed by atoms with Crippen LogP contribution >= 0.6 is 12.4 Å². The summed E-state index contributed by atoms with van der Waals surface area (Å²) in [6.07, 6.45) is 6.25. The van der Waals surface area contributed by atoms with Gasteiger partial charge in [0.25, 0.3) is 5.91 Å². The fourth-order valence-electron chi connectivity index (χ4n) is 2.62. The molecule has 4 heteroatoms.